The van der Waals surface area contributed by atoms with Crippen LogP contribution in [0.5, 0.6) is 0 Å². The standard InChI is InChI=1S/C14H20N2O/c1-13(2)10-16(11-8-6-5-7-9-11)14(3,4)12(17)15-13/h5-9H,10H2,1-4H3,(H,15,17). The normalized spacial score (nSPS) is 22.1. The third-order valence-electron chi connectivity index (χ3n) is 3.30. The highest BCUT2D eigenvalue weighted by molar-refractivity contribution is 5.91. The Morgan fingerprint density at radius 2 is 1.71 bits per heavy atom. The molecule has 2 rings (SSSR count). The van der Waals surface area contributed by atoms with Crippen molar-refractivity contribution in [2.75, 3.05) is 11.4 Å². The number of anilines is 1. The summed E-state index contributed by atoms with van der Waals surface area (Å²) in [5, 5.41) is 3.07. The Balaban J connectivity index is 2.40. The van der Waals surface area contributed by atoms with Crippen molar-refractivity contribution in [3.8, 4) is 0 Å². The molecule has 1 amide bonds. The van der Waals surface area contributed by atoms with E-state index in [2.05, 4.69) is 36.2 Å². The van der Waals surface area contributed by atoms with Crippen LogP contribution in [0.15, 0.2) is 30.3 Å². The van der Waals surface area contributed by atoms with Crippen LogP contribution >= 0.6 is 0 Å². The zero-order chi connectivity index (χ0) is 12.7. The molecule has 0 atom stereocenters. The second-order valence-electron chi connectivity index (χ2n) is 5.82. The molecule has 1 aromatic carbocycles. The van der Waals surface area contributed by atoms with Crippen LogP contribution in [0.2, 0.25) is 0 Å². The largest absolute Gasteiger partial charge is 0.355 e. The minimum absolute atomic E-state index is 0.0811. The highest BCUT2D eigenvalue weighted by Gasteiger charge is 2.44. The number of rotatable bonds is 1. The highest BCUT2D eigenvalue weighted by atomic mass is 16.2. The number of carbonyl (C=O) groups is 1. The lowest BCUT2D eigenvalue weighted by Gasteiger charge is -2.49. The van der Waals surface area contributed by atoms with Gasteiger partial charge in [-0.15, -0.1) is 0 Å². The first kappa shape index (κ1) is 12.0. The van der Waals surface area contributed by atoms with Gasteiger partial charge >= 0.3 is 0 Å². The highest BCUT2D eigenvalue weighted by Crippen LogP contribution is 2.30. The molecule has 1 aromatic rings. The first-order valence-electron chi connectivity index (χ1n) is 5.98. The topological polar surface area (TPSA) is 32.3 Å². The molecular weight excluding hydrogens is 212 g/mol. The van der Waals surface area contributed by atoms with Crippen LogP contribution in [0.3, 0.4) is 0 Å². The molecule has 92 valence electrons. The molecule has 0 spiro atoms. The molecular formula is C14H20N2O. The fraction of sp³-hybridized carbons (Fsp3) is 0.500. The maximum atomic E-state index is 12.2. The van der Waals surface area contributed by atoms with E-state index in [0.29, 0.717) is 0 Å². The molecule has 3 nitrogen and oxygen atoms in total. The van der Waals surface area contributed by atoms with Gasteiger partial charge in [-0.2, -0.15) is 0 Å². The Morgan fingerprint density at radius 1 is 1.12 bits per heavy atom. The third-order valence-corrected chi connectivity index (χ3v) is 3.30. The van der Waals surface area contributed by atoms with Gasteiger partial charge in [0.25, 0.3) is 0 Å². The van der Waals surface area contributed by atoms with Crippen molar-refractivity contribution in [3.05, 3.63) is 30.3 Å². The molecule has 1 heterocycles. The number of para-hydroxylation sites is 1. The van der Waals surface area contributed by atoms with E-state index in [-0.39, 0.29) is 11.4 Å². The summed E-state index contributed by atoms with van der Waals surface area (Å²) < 4.78 is 0. The van der Waals surface area contributed by atoms with E-state index in [4.69, 9.17) is 0 Å². The fourth-order valence-corrected chi connectivity index (χ4v) is 2.24. The summed E-state index contributed by atoms with van der Waals surface area (Å²) >= 11 is 0. The maximum Gasteiger partial charge on any atom is 0.245 e. The van der Waals surface area contributed by atoms with Crippen LogP contribution in [0.4, 0.5) is 5.69 Å². The van der Waals surface area contributed by atoms with Gasteiger partial charge in [-0.05, 0) is 39.8 Å². The Bertz CT molecular complexity index is 423. The minimum Gasteiger partial charge on any atom is -0.355 e. The van der Waals surface area contributed by atoms with Gasteiger partial charge in [0, 0.05) is 12.2 Å². The zero-order valence-electron chi connectivity index (χ0n) is 10.9. The van der Waals surface area contributed by atoms with Gasteiger partial charge in [0.1, 0.15) is 5.54 Å². The minimum atomic E-state index is -0.503. The Hall–Kier alpha value is -1.51. The number of nitrogens with one attached hydrogen (secondary N) is 1. The van der Waals surface area contributed by atoms with Crippen molar-refractivity contribution in [1.29, 1.82) is 0 Å². The molecule has 1 N–H and O–H groups in total. The summed E-state index contributed by atoms with van der Waals surface area (Å²) in [6.45, 7) is 8.84. The predicted octanol–water partition coefficient (Wildman–Crippen LogP) is 2.18. The quantitative estimate of drug-likeness (QED) is 0.805. The summed E-state index contributed by atoms with van der Waals surface area (Å²) in [7, 11) is 0. The average molecular weight is 232 g/mol. The second kappa shape index (κ2) is 3.76. The van der Waals surface area contributed by atoms with E-state index in [1.165, 1.54) is 0 Å². The number of amides is 1. The Kier molecular flexibility index (Phi) is 2.64. The van der Waals surface area contributed by atoms with Crippen LogP contribution in [-0.2, 0) is 4.79 Å². The first-order chi connectivity index (χ1) is 7.83. The molecule has 3 heteroatoms. The monoisotopic (exact) mass is 232 g/mol. The van der Waals surface area contributed by atoms with Crippen molar-refractivity contribution >= 4 is 11.6 Å². The van der Waals surface area contributed by atoms with Gasteiger partial charge < -0.3 is 10.2 Å². The van der Waals surface area contributed by atoms with Crippen LogP contribution in [0.1, 0.15) is 27.7 Å². The molecule has 17 heavy (non-hydrogen) atoms. The van der Waals surface area contributed by atoms with E-state index in [9.17, 15) is 4.79 Å². The molecule has 1 aliphatic heterocycles. The number of hydrogen-bond acceptors (Lipinski definition) is 2. The van der Waals surface area contributed by atoms with Gasteiger partial charge in [-0.1, -0.05) is 18.2 Å². The molecule has 0 aliphatic carbocycles. The lowest BCUT2D eigenvalue weighted by molar-refractivity contribution is -0.128. The fourth-order valence-electron chi connectivity index (χ4n) is 2.24. The summed E-state index contributed by atoms with van der Waals surface area (Å²) in [5.41, 5.74) is 0.402. The van der Waals surface area contributed by atoms with Crippen molar-refractivity contribution in [3.63, 3.8) is 0 Å². The molecule has 0 saturated carbocycles. The summed E-state index contributed by atoms with van der Waals surface area (Å²) in [4.78, 5) is 14.3. The predicted molar refractivity (Wildman–Crippen MR) is 70.1 cm³/mol. The van der Waals surface area contributed by atoms with Crippen molar-refractivity contribution < 1.29 is 4.79 Å². The summed E-state index contributed by atoms with van der Waals surface area (Å²) in [6, 6.07) is 10.1. The molecule has 0 radical (unpaired) electrons. The number of hydrogen-bond donors (Lipinski definition) is 1. The van der Waals surface area contributed by atoms with E-state index in [0.717, 1.165) is 12.2 Å². The molecule has 0 unspecified atom stereocenters. The average Bonchev–Trinajstić information content (AvgIpc) is 2.25. The van der Waals surface area contributed by atoms with E-state index in [1.807, 2.05) is 32.0 Å². The van der Waals surface area contributed by atoms with E-state index < -0.39 is 5.54 Å². The first-order valence-corrected chi connectivity index (χ1v) is 5.98. The van der Waals surface area contributed by atoms with Gasteiger partial charge in [-0.3, -0.25) is 4.79 Å². The lowest BCUT2D eigenvalue weighted by Crippen LogP contribution is -2.69. The summed E-state index contributed by atoms with van der Waals surface area (Å²) in [5.74, 6) is 0.0811. The number of piperazine rings is 1. The van der Waals surface area contributed by atoms with Crippen molar-refractivity contribution in [1.82, 2.24) is 5.32 Å². The van der Waals surface area contributed by atoms with Crippen molar-refractivity contribution in [2.24, 2.45) is 0 Å². The van der Waals surface area contributed by atoms with Crippen molar-refractivity contribution in [2.45, 2.75) is 38.8 Å². The zero-order valence-corrected chi connectivity index (χ0v) is 10.9. The Labute approximate surface area is 103 Å². The Morgan fingerprint density at radius 3 is 2.29 bits per heavy atom. The van der Waals surface area contributed by atoms with E-state index >= 15 is 0 Å². The van der Waals surface area contributed by atoms with Gasteiger partial charge in [0.15, 0.2) is 0 Å². The maximum absolute atomic E-state index is 12.2. The lowest BCUT2D eigenvalue weighted by atomic mass is 9.90. The second-order valence-corrected chi connectivity index (χ2v) is 5.82. The number of benzene rings is 1. The van der Waals surface area contributed by atoms with Crippen LogP contribution < -0.4 is 10.2 Å². The van der Waals surface area contributed by atoms with Gasteiger partial charge in [-0.25, -0.2) is 0 Å². The number of carbonyl (C=O) groups excluding carboxylic acids is 1. The molecule has 1 fully saturated rings. The summed E-state index contributed by atoms with van der Waals surface area (Å²) in [6.07, 6.45) is 0. The van der Waals surface area contributed by atoms with E-state index in [1.54, 1.807) is 0 Å². The van der Waals surface area contributed by atoms with Gasteiger partial charge in [0.05, 0.1) is 5.54 Å². The third kappa shape index (κ3) is 2.14. The molecule has 1 aliphatic rings. The molecule has 0 bridgehead atoms. The van der Waals surface area contributed by atoms with Crippen LogP contribution in [-0.4, -0.2) is 23.5 Å². The SMILES string of the molecule is CC1(C)CN(c2ccccc2)C(C)(C)C(=O)N1. The van der Waals surface area contributed by atoms with Gasteiger partial charge in [0.2, 0.25) is 5.91 Å². The molecule has 0 aromatic heterocycles. The smallest absolute Gasteiger partial charge is 0.245 e. The van der Waals surface area contributed by atoms with Crippen LogP contribution in [0.25, 0.3) is 0 Å². The number of nitrogens with zero attached hydrogens (tertiary/aromatic N) is 1. The molecule has 1 saturated heterocycles. The van der Waals surface area contributed by atoms with Crippen LogP contribution in [0, 0.1) is 0 Å².